The van der Waals surface area contributed by atoms with Crippen LogP contribution in [-0.2, 0) is 4.79 Å². The Hall–Kier alpha value is -3.13. The van der Waals surface area contributed by atoms with Crippen LogP contribution in [-0.4, -0.2) is 39.1 Å². The number of pyridine rings is 2. The van der Waals surface area contributed by atoms with Crippen molar-refractivity contribution in [2.24, 2.45) is 0 Å². The van der Waals surface area contributed by atoms with Crippen LogP contribution in [0.3, 0.4) is 0 Å². The molecule has 1 aromatic carbocycles. The molecule has 0 unspecified atom stereocenters. The largest absolute Gasteiger partial charge is 0.323 e. The molecule has 2 aromatic heterocycles. The highest BCUT2D eigenvalue weighted by Gasteiger charge is 2.37. The molecule has 3 aromatic rings. The Morgan fingerprint density at radius 2 is 1.96 bits per heavy atom. The molecule has 1 aliphatic heterocycles. The van der Waals surface area contributed by atoms with Crippen LogP contribution >= 0.6 is 15.9 Å². The number of halogens is 1. The van der Waals surface area contributed by atoms with Gasteiger partial charge in [0.15, 0.2) is 0 Å². The number of aromatic nitrogens is 2. The van der Waals surface area contributed by atoms with Gasteiger partial charge in [-0.05, 0) is 40.2 Å². The van der Waals surface area contributed by atoms with Crippen molar-refractivity contribution < 1.29 is 14.4 Å². The summed E-state index contributed by atoms with van der Waals surface area (Å²) in [6.45, 7) is -0.388. The summed E-state index contributed by atoms with van der Waals surface area (Å²) >= 11 is 3.36. The van der Waals surface area contributed by atoms with Gasteiger partial charge in [-0.2, -0.15) is 0 Å². The molecule has 26 heavy (non-hydrogen) atoms. The van der Waals surface area contributed by atoms with Crippen LogP contribution in [0.2, 0.25) is 0 Å². The number of nitrogens with zero attached hydrogens (tertiary/aromatic N) is 3. The zero-order valence-electron chi connectivity index (χ0n) is 13.3. The number of fused-ring (bicyclic) bond motifs is 2. The van der Waals surface area contributed by atoms with E-state index < -0.39 is 17.7 Å². The monoisotopic (exact) mass is 410 g/mol. The molecule has 1 N–H and O–H groups in total. The van der Waals surface area contributed by atoms with E-state index >= 15 is 0 Å². The summed E-state index contributed by atoms with van der Waals surface area (Å²) in [5.41, 5.74) is 1.41. The Morgan fingerprint density at radius 3 is 2.77 bits per heavy atom. The summed E-state index contributed by atoms with van der Waals surface area (Å²) < 4.78 is 0.826. The van der Waals surface area contributed by atoms with Crippen molar-refractivity contribution in [3.63, 3.8) is 0 Å². The molecular weight excluding hydrogens is 400 g/mol. The van der Waals surface area contributed by atoms with Gasteiger partial charge in [-0.25, -0.2) is 0 Å². The normalized spacial score (nSPS) is 13.2. The molecule has 0 saturated carbocycles. The van der Waals surface area contributed by atoms with Gasteiger partial charge in [0, 0.05) is 22.3 Å². The van der Waals surface area contributed by atoms with Crippen molar-refractivity contribution in [2.45, 2.75) is 0 Å². The van der Waals surface area contributed by atoms with E-state index in [0.717, 1.165) is 14.8 Å². The second kappa shape index (κ2) is 6.30. The Bertz CT molecular complexity index is 1050. The number of hydrogen-bond acceptors (Lipinski definition) is 5. The highest BCUT2D eigenvalue weighted by Crippen LogP contribution is 2.24. The van der Waals surface area contributed by atoms with Crippen molar-refractivity contribution in [1.82, 2.24) is 14.9 Å². The summed E-state index contributed by atoms with van der Waals surface area (Å²) in [6.07, 6.45) is 3.07. The first-order valence-corrected chi connectivity index (χ1v) is 8.49. The fraction of sp³-hybridized carbons (Fsp3) is 0.0556. The number of imide groups is 1. The van der Waals surface area contributed by atoms with Gasteiger partial charge in [0.1, 0.15) is 12.2 Å². The van der Waals surface area contributed by atoms with Gasteiger partial charge in [0.05, 0.1) is 16.8 Å². The van der Waals surface area contributed by atoms with Crippen molar-refractivity contribution in [3.05, 3.63) is 64.5 Å². The maximum Gasteiger partial charge on any atom is 0.280 e. The van der Waals surface area contributed by atoms with Crippen LogP contribution in [0.4, 0.5) is 5.69 Å². The summed E-state index contributed by atoms with van der Waals surface area (Å²) in [4.78, 5) is 46.1. The molecular formula is C18H11BrN4O3. The Labute approximate surface area is 156 Å². The van der Waals surface area contributed by atoms with Gasteiger partial charge in [-0.1, -0.05) is 12.1 Å². The van der Waals surface area contributed by atoms with E-state index in [4.69, 9.17) is 0 Å². The van der Waals surface area contributed by atoms with Gasteiger partial charge in [0.25, 0.3) is 11.8 Å². The summed E-state index contributed by atoms with van der Waals surface area (Å²) in [6, 6.07) is 10.4. The third-order valence-corrected chi connectivity index (χ3v) is 4.42. The topological polar surface area (TPSA) is 92.3 Å². The molecule has 7 nitrogen and oxygen atoms in total. The molecule has 4 rings (SSSR count). The van der Waals surface area contributed by atoms with E-state index in [2.05, 4.69) is 31.2 Å². The van der Waals surface area contributed by atoms with Gasteiger partial charge in [-0.3, -0.25) is 29.3 Å². The molecule has 128 valence electrons. The SMILES string of the molecule is O=C(CN1C(=O)c2cccnc2C1=O)Nc1cccc2cc(Br)cnc12. The second-order valence-corrected chi connectivity index (χ2v) is 6.59. The van der Waals surface area contributed by atoms with Crippen molar-refractivity contribution in [2.75, 3.05) is 11.9 Å². The first-order valence-electron chi connectivity index (χ1n) is 7.70. The summed E-state index contributed by atoms with van der Waals surface area (Å²) in [5.74, 6) is -1.58. The first kappa shape index (κ1) is 16.3. The highest BCUT2D eigenvalue weighted by molar-refractivity contribution is 9.10. The van der Waals surface area contributed by atoms with Gasteiger partial charge < -0.3 is 5.32 Å². The van der Waals surface area contributed by atoms with Crippen LogP contribution < -0.4 is 5.32 Å². The standard InChI is InChI=1S/C18H11BrN4O3/c19-11-7-10-3-1-5-13(15(10)21-8-11)22-14(24)9-23-17(25)12-4-2-6-20-16(12)18(23)26/h1-8H,9H2,(H,22,24). The number of carbonyl (C=O) groups excluding carboxylic acids is 3. The molecule has 8 heteroatoms. The second-order valence-electron chi connectivity index (χ2n) is 5.68. The van der Waals surface area contributed by atoms with E-state index in [1.54, 1.807) is 24.4 Å². The van der Waals surface area contributed by atoms with Crippen LogP contribution in [0, 0.1) is 0 Å². The lowest BCUT2D eigenvalue weighted by molar-refractivity contribution is -0.116. The zero-order valence-corrected chi connectivity index (χ0v) is 14.9. The molecule has 0 radical (unpaired) electrons. The Kier molecular flexibility index (Phi) is 3.96. The van der Waals surface area contributed by atoms with E-state index in [0.29, 0.717) is 11.2 Å². The average molecular weight is 411 g/mol. The predicted octanol–water partition coefficient (Wildman–Crippen LogP) is 2.63. The molecule has 0 bridgehead atoms. The third-order valence-electron chi connectivity index (χ3n) is 3.98. The van der Waals surface area contributed by atoms with Crippen molar-refractivity contribution >= 4 is 50.2 Å². The lowest BCUT2D eigenvalue weighted by Gasteiger charge is -2.14. The summed E-state index contributed by atoms with van der Waals surface area (Å²) in [5, 5.41) is 3.57. The van der Waals surface area contributed by atoms with E-state index in [1.807, 2.05) is 12.1 Å². The predicted molar refractivity (Wildman–Crippen MR) is 97.7 cm³/mol. The van der Waals surface area contributed by atoms with Crippen molar-refractivity contribution in [1.29, 1.82) is 0 Å². The smallest absolute Gasteiger partial charge is 0.280 e. The van der Waals surface area contributed by atoms with Gasteiger partial charge in [0.2, 0.25) is 5.91 Å². The molecule has 0 fully saturated rings. The van der Waals surface area contributed by atoms with Crippen LogP contribution in [0.25, 0.3) is 10.9 Å². The maximum atomic E-state index is 12.4. The van der Waals surface area contributed by atoms with Crippen LogP contribution in [0.5, 0.6) is 0 Å². The number of carbonyl (C=O) groups is 3. The minimum Gasteiger partial charge on any atom is -0.323 e. The van der Waals surface area contributed by atoms with Gasteiger partial charge >= 0.3 is 0 Å². The van der Waals surface area contributed by atoms with Gasteiger partial charge in [-0.15, -0.1) is 0 Å². The average Bonchev–Trinajstić information content (AvgIpc) is 2.87. The summed E-state index contributed by atoms with van der Waals surface area (Å²) in [7, 11) is 0. The number of para-hydroxylation sites is 1. The maximum absolute atomic E-state index is 12.4. The first-order chi connectivity index (χ1) is 12.5. The fourth-order valence-electron chi connectivity index (χ4n) is 2.83. The molecule has 3 heterocycles. The Morgan fingerprint density at radius 1 is 1.12 bits per heavy atom. The molecule has 0 aliphatic carbocycles. The number of anilines is 1. The van der Waals surface area contributed by atoms with E-state index in [9.17, 15) is 14.4 Å². The molecule has 1 aliphatic rings. The number of hydrogen-bond donors (Lipinski definition) is 1. The number of rotatable bonds is 3. The lowest BCUT2D eigenvalue weighted by atomic mass is 10.2. The minimum absolute atomic E-state index is 0.0713. The molecule has 0 atom stereocenters. The number of nitrogens with one attached hydrogen (secondary N) is 1. The van der Waals surface area contributed by atoms with E-state index in [1.165, 1.54) is 12.3 Å². The number of benzene rings is 1. The lowest BCUT2D eigenvalue weighted by Crippen LogP contribution is -2.37. The minimum atomic E-state index is -0.569. The Balaban J connectivity index is 1.56. The van der Waals surface area contributed by atoms with Crippen molar-refractivity contribution in [3.8, 4) is 0 Å². The van der Waals surface area contributed by atoms with Crippen LogP contribution in [0.15, 0.2) is 53.3 Å². The quantitative estimate of drug-likeness (QED) is 0.669. The molecule has 0 spiro atoms. The molecule has 3 amide bonds. The zero-order chi connectivity index (χ0) is 18.3. The highest BCUT2D eigenvalue weighted by atomic mass is 79.9. The van der Waals surface area contributed by atoms with E-state index in [-0.39, 0.29) is 17.8 Å². The third kappa shape index (κ3) is 2.74. The number of amides is 3. The van der Waals surface area contributed by atoms with Crippen LogP contribution in [0.1, 0.15) is 20.8 Å². The fourth-order valence-corrected chi connectivity index (χ4v) is 3.17. The molecule has 0 saturated heterocycles.